The maximum absolute atomic E-state index is 12.8. The average Bonchev–Trinajstić information content (AvgIpc) is 3.32. The third-order valence-corrected chi connectivity index (χ3v) is 20.0. The van der Waals surface area contributed by atoms with E-state index in [2.05, 4.69) is 50.3 Å². The van der Waals surface area contributed by atoms with Crippen LogP contribution in [0, 0.1) is 0 Å². The number of carbonyl (C=O) groups is 2. The standard InChI is InChI=1S/C83H160NO8P/c1-3-5-7-9-11-13-15-17-19-21-23-25-27-29-31-33-35-37-38-39-40-41-42-44-45-47-49-51-53-55-57-59-61-63-65-67-69-71-73-75-82(85)89-79-81(80-91-93(87,88)90-78-77-84)92-83(86)76-74-72-70-68-66-64-62-60-58-56-54-52-50-48-46-43-36-34-32-30-28-26-24-22-20-18-16-14-12-10-8-6-4-2/h16,18,22,24,28,30,81H,3-15,17,19-21,23,25-27,29,31-80,84H2,1-2H3,(H,87,88)/b18-16-,24-22-,30-28-. The van der Waals surface area contributed by atoms with Crippen LogP contribution in [0.2, 0.25) is 0 Å². The molecule has 10 heteroatoms. The van der Waals surface area contributed by atoms with E-state index >= 15 is 0 Å². The van der Waals surface area contributed by atoms with Crippen LogP contribution in [-0.2, 0) is 32.7 Å². The van der Waals surface area contributed by atoms with Gasteiger partial charge in [-0.1, -0.05) is 423 Å². The minimum atomic E-state index is -4.39. The molecule has 93 heavy (non-hydrogen) atoms. The van der Waals surface area contributed by atoms with Crippen molar-refractivity contribution in [2.45, 2.75) is 457 Å². The molecule has 0 bridgehead atoms. The number of hydrogen-bond acceptors (Lipinski definition) is 8. The SMILES string of the molecule is CCCCCCC/C=C\C/C=C\C/C=C\CCCCCCCCCCCCCCCCCCCCC(=O)OC(COC(=O)CCCCCCCCCCCCCCCCCCCCCCCCCCCCCCCCCCCCCCCCC)COP(=O)(O)OCCN. The summed E-state index contributed by atoms with van der Waals surface area (Å²) in [6.45, 7) is 3.82. The highest BCUT2D eigenvalue weighted by Crippen LogP contribution is 2.43. The van der Waals surface area contributed by atoms with Crippen LogP contribution in [0.5, 0.6) is 0 Å². The number of ether oxygens (including phenoxy) is 2. The maximum atomic E-state index is 12.8. The van der Waals surface area contributed by atoms with Crippen molar-refractivity contribution in [1.82, 2.24) is 0 Å². The zero-order valence-corrected chi connectivity index (χ0v) is 63.2. The first-order chi connectivity index (χ1) is 45.8. The number of unbranched alkanes of at least 4 members (excludes halogenated alkanes) is 61. The molecule has 2 unspecified atom stereocenters. The summed E-state index contributed by atoms with van der Waals surface area (Å²) in [5.74, 6) is -0.801. The summed E-state index contributed by atoms with van der Waals surface area (Å²) in [6, 6.07) is 0. The molecule has 0 radical (unpaired) electrons. The van der Waals surface area contributed by atoms with Gasteiger partial charge in [-0.3, -0.25) is 18.6 Å². The quantitative estimate of drug-likeness (QED) is 0.0264. The lowest BCUT2D eigenvalue weighted by molar-refractivity contribution is -0.161. The second kappa shape index (κ2) is 79.2. The van der Waals surface area contributed by atoms with E-state index in [-0.39, 0.29) is 38.6 Å². The highest BCUT2D eigenvalue weighted by molar-refractivity contribution is 7.47. The Morgan fingerprint density at radius 3 is 0.828 bits per heavy atom. The molecule has 0 fully saturated rings. The predicted molar refractivity (Wildman–Crippen MR) is 404 cm³/mol. The zero-order valence-electron chi connectivity index (χ0n) is 62.3. The Morgan fingerprint density at radius 2 is 0.559 bits per heavy atom. The summed E-state index contributed by atoms with van der Waals surface area (Å²) >= 11 is 0. The van der Waals surface area contributed by atoms with E-state index < -0.39 is 26.5 Å². The van der Waals surface area contributed by atoms with Crippen molar-refractivity contribution in [2.75, 3.05) is 26.4 Å². The van der Waals surface area contributed by atoms with Crippen LogP contribution in [0.3, 0.4) is 0 Å². The highest BCUT2D eigenvalue weighted by atomic mass is 31.2. The molecular weight excluding hydrogens is 1170 g/mol. The molecule has 0 saturated heterocycles. The topological polar surface area (TPSA) is 134 Å². The van der Waals surface area contributed by atoms with Crippen LogP contribution in [0.25, 0.3) is 0 Å². The molecule has 0 amide bonds. The van der Waals surface area contributed by atoms with Gasteiger partial charge in [-0.2, -0.15) is 0 Å². The van der Waals surface area contributed by atoms with E-state index in [9.17, 15) is 19.0 Å². The highest BCUT2D eigenvalue weighted by Gasteiger charge is 2.26. The Kier molecular flexibility index (Phi) is 77.7. The second-order valence-corrected chi connectivity index (χ2v) is 29.8. The summed E-state index contributed by atoms with van der Waals surface area (Å²) in [5.41, 5.74) is 5.42. The van der Waals surface area contributed by atoms with E-state index in [4.69, 9.17) is 24.3 Å². The minimum Gasteiger partial charge on any atom is -0.462 e. The summed E-state index contributed by atoms with van der Waals surface area (Å²) in [6.07, 6.45) is 102. The Bertz CT molecular complexity index is 1620. The van der Waals surface area contributed by atoms with Crippen LogP contribution in [0.1, 0.15) is 450 Å². The Labute approximate surface area is 579 Å². The smallest absolute Gasteiger partial charge is 0.462 e. The predicted octanol–water partition coefficient (Wildman–Crippen LogP) is 27.8. The molecule has 0 rings (SSSR count). The molecule has 9 nitrogen and oxygen atoms in total. The summed E-state index contributed by atoms with van der Waals surface area (Å²) < 4.78 is 33.3. The van der Waals surface area contributed by atoms with Gasteiger partial charge in [0.2, 0.25) is 0 Å². The Balaban J connectivity index is 3.73. The molecule has 0 aliphatic rings. The first-order valence-corrected chi connectivity index (χ1v) is 43.0. The number of hydrogen-bond donors (Lipinski definition) is 2. The number of esters is 2. The van der Waals surface area contributed by atoms with Gasteiger partial charge in [0, 0.05) is 19.4 Å². The van der Waals surface area contributed by atoms with Gasteiger partial charge in [0.1, 0.15) is 6.61 Å². The number of allylic oxidation sites excluding steroid dienone is 6. The molecule has 550 valence electrons. The monoisotopic (exact) mass is 1330 g/mol. The van der Waals surface area contributed by atoms with Crippen molar-refractivity contribution in [3.63, 3.8) is 0 Å². The van der Waals surface area contributed by atoms with Crippen LogP contribution in [-0.4, -0.2) is 49.3 Å². The van der Waals surface area contributed by atoms with E-state index in [1.807, 2.05) is 0 Å². The second-order valence-electron chi connectivity index (χ2n) is 28.4. The van der Waals surface area contributed by atoms with E-state index in [0.29, 0.717) is 6.42 Å². The van der Waals surface area contributed by atoms with Gasteiger partial charge in [-0.25, -0.2) is 4.57 Å². The van der Waals surface area contributed by atoms with Crippen molar-refractivity contribution >= 4 is 19.8 Å². The normalized spacial score (nSPS) is 12.9. The molecule has 2 atom stereocenters. The number of phosphoric ester groups is 1. The summed E-state index contributed by atoms with van der Waals surface area (Å²) in [5, 5.41) is 0. The first-order valence-electron chi connectivity index (χ1n) is 41.5. The molecule has 0 aliphatic carbocycles. The molecule has 0 heterocycles. The molecule has 0 spiro atoms. The third kappa shape index (κ3) is 79.1. The van der Waals surface area contributed by atoms with Crippen molar-refractivity contribution in [2.24, 2.45) is 5.73 Å². The lowest BCUT2D eigenvalue weighted by Gasteiger charge is -2.19. The minimum absolute atomic E-state index is 0.0563. The fraction of sp³-hybridized carbons (Fsp3) is 0.904. The van der Waals surface area contributed by atoms with Crippen LogP contribution < -0.4 is 5.73 Å². The van der Waals surface area contributed by atoms with Gasteiger partial charge in [-0.05, 0) is 51.4 Å². The molecule has 0 aromatic carbocycles. The molecule has 0 saturated carbocycles. The number of carbonyl (C=O) groups excluding carboxylic acids is 2. The molecule has 0 aromatic heterocycles. The lowest BCUT2D eigenvalue weighted by Crippen LogP contribution is -2.29. The zero-order chi connectivity index (χ0) is 67.2. The maximum Gasteiger partial charge on any atom is 0.472 e. The van der Waals surface area contributed by atoms with E-state index in [1.54, 1.807) is 0 Å². The molecule has 3 N–H and O–H groups in total. The number of nitrogens with two attached hydrogens (primary N) is 1. The molecular formula is C83H160NO8P. The van der Waals surface area contributed by atoms with Crippen molar-refractivity contribution in [3.8, 4) is 0 Å². The fourth-order valence-corrected chi connectivity index (χ4v) is 13.7. The van der Waals surface area contributed by atoms with Crippen LogP contribution >= 0.6 is 7.82 Å². The molecule has 0 aromatic rings. The number of rotatable bonds is 80. The largest absolute Gasteiger partial charge is 0.472 e. The Hall–Kier alpha value is -1.77. The van der Waals surface area contributed by atoms with Crippen molar-refractivity contribution in [1.29, 1.82) is 0 Å². The van der Waals surface area contributed by atoms with Crippen LogP contribution in [0.4, 0.5) is 0 Å². The first kappa shape index (κ1) is 91.2. The van der Waals surface area contributed by atoms with E-state index in [1.165, 1.54) is 372 Å². The van der Waals surface area contributed by atoms with Gasteiger partial charge in [0.05, 0.1) is 13.2 Å². The summed E-state index contributed by atoms with van der Waals surface area (Å²) in [7, 11) is -4.39. The van der Waals surface area contributed by atoms with Gasteiger partial charge < -0.3 is 20.1 Å². The van der Waals surface area contributed by atoms with Crippen LogP contribution in [0.15, 0.2) is 36.5 Å². The Morgan fingerprint density at radius 1 is 0.323 bits per heavy atom. The van der Waals surface area contributed by atoms with Crippen molar-refractivity contribution < 1.29 is 37.6 Å². The molecule has 0 aliphatic heterocycles. The fourth-order valence-electron chi connectivity index (χ4n) is 12.9. The van der Waals surface area contributed by atoms with Crippen molar-refractivity contribution in [3.05, 3.63) is 36.5 Å². The van der Waals surface area contributed by atoms with Gasteiger partial charge in [0.25, 0.3) is 0 Å². The van der Waals surface area contributed by atoms with Gasteiger partial charge in [0.15, 0.2) is 6.10 Å². The number of phosphoric acid groups is 1. The third-order valence-electron chi connectivity index (χ3n) is 19.0. The van der Waals surface area contributed by atoms with Gasteiger partial charge >= 0.3 is 19.8 Å². The average molecular weight is 1330 g/mol. The van der Waals surface area contributed by atoms with E-state index in [0.717, 1.165) is 44.9 Å². The lowest BCUT2D eigenvalue weighted by atomic mass is 10.0. The summed E-state index contributed by atoms with van der Waals surface area (Å²) in [4.78, 5) is 35.5. The van der Waals surface area contributed by atoms with Gasteiger partial charge in [-0.15, -0.1) is 0 Å².